The topological polar surface area (TPSA) is 102 Å². The van der Waals surface area contributed by atoms with Crippen LogP contribution in [0, 0.1) is 0 Å². The molecule has 0 spiro atoms. The second kappa shape index (κ2) is 6.95. The highest BCUT2D eigenvalue weighted by Crippen LogP contribution is 2.20. The Hall–Kier alpha value is -2.83. The first-order chi connectivity index (χ1) is 11.0. The van der Waals surface area contributed by atoms with Gasteiger partial charge in [0.15, 0.2) is 5.75 Å². The Morgan fingerprint density at radius 3 is 2.43 bits per heavy atom. The van der Waals surface area contributed by atoms with E-state index < -0.39 is 22.9 Å². The van der Waals surface area contributed by atoms with E-state index in [1.807, 2.05) is 0 Å². The summed E-state index contributed by atoms with van der Waals surface area (Å²) < 4.78 is 9.84. The first-order valence-corrected chi connectivity index (χ1v) is 7.06. The largest absolute Gasteiger partial charge is 0.508 e. The summed E-state index contributed by atoms with van der Waals surface area (Å²) in [4.78, 5) is 35.0. The normalized spacial score (nSPS) is 11.9. The number of benzene rings is 1. The van der Waals surface area contributed by atoms with Crippen LogP contribution in [0.5, 0.6) is 11.5 Å². The standard InChI is InChI=1S/C16H17NO6/c1-3-23-15-12(13(19)14(15)20)17-11(16(21)22-2)8-9-4-6-10(18)7-5-9/h4-7,11,17-18H,3,8H2,1-2H3. The first-order valence-electron chi connectivity index (χ1n) is 7.06. The number of phenolic OH excluding ortho intramolecular Hbond substituents is 1. The van der Waals surface area contributed by atoms with Crippen LogP contribution in [0.2, 0.25) is 0 Å². The van der Waals surface area contributed by atoms with Gasteiger partial charge in [0, 0.05) is 6.42 Å². The van der Waals surface area contributed by atoms with Crippen LogP contribution in [0.4, 0.5) is 5.69 Å². The molecule has 2 aromatic carbocycles. The Kier molecular flexibility index (Phi) is 5.00. The molecule has 1 unspecified atom stereocenters. The van der Waals surface area contributed by atoms with Crippen LogP contribution in [0.3, 0.4) is 0 Å². The van der Waals surface area contributed by atoms with E-state index in [9.17, 15) is 19.5 Å². The van der Waals surface area contributed by atoms with E-state index in [4.69, 9.17) is 9.47 Å². The Morgan fingerprint density at radius 1 is 1.22 bits per heavy atom. The van der Waals surface area contributed by atoms with Gasteiger partial charge in [-0.15, -0.1) is 0 Å². The highest BCUT2D eigenvalue weighted by molar-refractivity contribution is 5.81. The van der Waals surface area contributed by atoms with E-state index >= 15 is 0 Å². The molecule has 2 N–H and O–H groups in total. The fraction of sp³-hybridized carbons (Fsp3) is 0.312. The molecule has 23 heavy (non-hydrogen) atoms. The minimum atomic E-state index is -0.855. The minimum Gasteiger partial charge on any atom is -0.508 e. The average Bonchev–Trinajstić information content (AvgIpc) is 2.57. The van der Waals surface area contributed by atoms with Crippen LogP contribution >= 0.6 is 0 Å². The number of aromatic hydroxyl groups is 1. The van der Waals surface area contributed by atoms with Gasteiger partial charge in [-0.25, -0.2) is 4.79 Å². The summed E-state index contributed by atoms with van der Waals surface area (Å²) >= 11 is 0. The molecule has 0 aliphatic carbocycles. The van der Waals surface area contributed by atoms with Gasteiger partial charge in [0.1, 0.15) is 17.5 Å². The molecule has 0 saturated carbocycles. The molecule has 0 bridgehead atoms. The molecule has 7 nitrogen and oxygen atoms in total. The summed E-state index contributed by atoms with van der Waals surface area (Å²) in [6.45, 7) is 1.93. The predicted octanol–water partition coefficient (Wildman–Crippen LogP) is 0.583. The maximum Gasteiger partial charge on any atom is 0.328 e. The van der Waals surface area contributed by atoms with E-state index in [1.165, 1.54) is 19.2 Å². The molecule has 0 amide bonds. The predicted molar refractivity (Wildman–Crippen MR) is 83.8 cm³/mol. The van der Waals surface area contributed by atoms with Crippen LogP contribution in [-0.4, -0.2) is 30.8 Å². The summed E-state index contributed by atoms with van der Waals surface area (Å²) in [6.07, 6.45) is 0.220. The SMILES string of the molecule is CCOc1c(NC(Cc2ccc(O)cc2)C(=O)OC)c(=O)c1=O. The van der Waals surface area contributed by atoms with Crippen LogP contribution in [-0.2, 0) is 16.0 Å². The van der Waals surface area contributed by atoms with Crippen molar-refractivity contribution in [1.29, 1.82) is 0 Å². The van der Waals surface area contributed by atoms with Gasteiger partial charge in [-0.1, -0.05) is 12.1 Å². The lowest BCUT2D eigenvalue weighted by Gasteiger charge is -2.20. The molecule has 0 saturated heterocycles. The number of hydrogen-bond acceptors (Lipinski definition) is 7. The lowest BCUT2D eigenvalue weighted by atomic mass is 10.0. The third-order valence-corrected chi connectivity index (χ3v) is 3.34. The molecule has 0 aromatic heterocycles. The summed E-state index contributed by atoms with van der Waals surface area (Å²) in [5.41, 5.74) is -0.677. The van der Waals surface area contributed by atoms with Crippen molar-refractivity contribution in [2.45, 2.75) is 19.4 Å². The number of hydrogen-bond donors (Lipinski definition) is 2. The van der Waals surface area contributed by atoms with Gasteiger partial charge in [0.25, 0.3) is 10.9 Å². The van der Waals surface area contributed by atoms with Crippen molar-refractivity contribution in [3.8, 4) is 11.5 Å². The summed E-state index contributed by atoms with van der Waals surface area (Å²) in [6, 6.07) is 5.43. The highest BCUT2D eigenvalue weighted by atomic mass is 16.5. The van der Waals surface area contributed by atoms with Crippen molar-refractivity contribution in [2.75, 3.05) is 19.0 Å². The number of methoxy groups -OCH3 is 1. The molecule has 0 fully saturated rings. The second-order valence-electron chi connectivity index (χ2n) is 4.89. The molecular weight excluding hydrogens is 302 g/mol. The molecule has 0 aliphatic rings. The number of carbonyl (C=O) groups is 1. The molecule has 2 aromatic rings. The van der Waals surface area contributed by atoms with Crippen LogP contribution in [0.1, 0.15) is 12.5 Å². The summed E-state index contributed by atoms with van der Waals surface area (Å²) in [5.74, 6) is -0.525. The van der Waals surface area contributed by atoms with Crippen LogP contribution < -0.4 is 20.9 Å². The number of anilines is 1. The van der Waals surface area contributed by atoms with Gasteiger partial charge in [-0.3, -0.25) is 9.59 Å². The zero-order valence-electron chi connectivity index (χ0n) is 12.8. The monoisotopic (exact) mass is 319 g/mol. The van der Waals surface area contributed by atoms with Gasteiger partial charge < -0.3 is 19.9 Å². The zero-order chi connectivity index (χ0) is 17.0. The van der Waals surface area contributed by atoms with Gasteiger partial charge in [-0.2, -0.15) is 0 Å². The number of nitrogens with one attached hydrogen (secondary N) is 1. The number of ether oxygens (including phenoxy) is 2. The highest BCUT2D eigenvalue weighted by Gasteiger charge is 2.28. The first kappa shape index (κ1) is 16.5. The lowest BCUT2D eigenvalue weighted by Crippen LogP contribution is -2.41. The maximum absolute atomic E-state index is 11.9. The Labute approximate surface area is 132 Å². The quantitative estimate of drug-likeness (QED) is 0.568. The fourth-order valence-electron chi connectivity index (χ4n) is 2.16. The van der Waals surface area contributed by atoms with Crippen molar-refractivity contribution in [3.05, 3.63) is 50.3 Å². The second-order valence-corrected chi connectivity index (χ2v) is 4.89. The molecule has 2 rings (SSSR count). The molecule has 122 valence electrons. The van der Waals surface area contributed by atoms with Gasteiger partial charge in [0.05, 0.1) is 13.7 Å². The Bertz CT molecular complexity index is 758. The number of esters is 1. The summed E-state index contributed by atoms with van der Waals surface area (Å²) in [7, 11) is 1.24. The van der Waals surface area contributed by atoms with Crippen LogP contribution in [0.15, 0.2) is 33.9 Å². The van der Waals surface area contributed by atoms with Crippen molar-refractivity contribution >= 4 is 11.7 Å². The minimum absolute atomic E-state index is 0.00831. The van der Waals surface area contributed by atoms with Gasteiger partial charge in [0.2, 0.25) is 0 Å². The summed E-state index contributed by atoms with van der Waals surface area (Å²) in [5, 5.41) is 12.0. The maximum atomic E-state index is 11.9. The molecule has 0 radical (unpaired) electrons. The third-order valence-electron chi connectivity index (χ3n) is 3.34. The molecule has 0 aliphatic heterocycles. The number of rotatable bonds is 7. The molecule has 7 heteroatoms. The molecule has 1 atom stereocenters. The van der Waals surface area contributed by atoms with Gasteiger partial charge in [-0.05, 0) is 24.6 Å². The Morgan fingerprint density at radius 2 is 1.87 bits per heavy atom. The third kappa shape index (κ3) is 3.50. The zero-order valence-corrected chi connectivity index (χ0v) is 12.8. The smallest absolute Gasteiger partial charge is 0.328 e. The fourth-order valence-corrected chi connectivity index (χ4v) is 2.16. The van der Waals surface area contributed by atoms with E-state index in [0.717, 1.165) is 5.56 Å². The average molecular weight is 319 g/mol. The molecule has 0 heterocycles. The van der Waals surface area contributed by atoms with E-state index in [0.29, 0.717) is 0 Å². The number of phenols is 1. The van der Waals surface area contributed by atoms with Gasteiger partial charge >= 0.3 is 5.97 Å². The lowest BCUT2D eigenvalue weighted by molar-refractivity contribution is -0.141. The number of carbonyl (C=O) groups excluding carboxylic acids is 1. The molecular formula is C16H17NO6. The van der Waals surface area contributed by atoms with Crippen molar-refractivity contribution in [2.24, 2.45) is 0 Å². The van der Waals surface area contributed by atoms with E-state index in [-0.39, 0.29) is 30.2 Å². The van der Waals surface area contributed by atoms with Crippen molar-refractivity contribution < 1.29 is 19.4 Å². The Balaban J connectivity index is 2.21. The van der Waals surface area contributed by atoms with Crippen molar-refractivity contribution in [3.63, 3.8) is 0 Å². The van der Waals surface area contributed by atoms with Crippen LogP contribution in [0.25, 0.3) is 0 Å². The van der Waals surface area contributed by atoms with E-state index in [2.05, 4.69) is 5.32 Å². The van der Waals surface area contributed by atoms with E-state index in [1.54, 1.807) is 19.1 Å². The van der Waals surface area contributed by atoms with Crippen molar-refractivity contribution in [1.82, 2.24) is 0 Å².